The maximum atomic E-state index is 13.6. The molecule has 1 aliphatic heterocycles. The zero-order chi connectivity index (χ0) is 21.1. The molecule has 6 nitrogen and oxygen atoms in total. The van der Waals surface area contributed by atoms with Gasteiger partial charge in [0.15, 0.2) is 11.9 Å². The second-order valence-corrected chi connectivity index (χ2v) is 7.13. The Bertz CT molecular complexity index is 1030. The fraction of sp³-hybridized carbons (Fsp3) is 0.364. The number of alkyl halides is 2. The van der Waals surface area contributed by atoms with Gasteiger partial charge >= 0.3 is 12.5 Å². The van der Waals surface area contributed by atoms with Crippen molar-refractivity contribution in [2.24, 2.45) is 0 Å². The predicted molar refractivity (Wildman–Crippen MR) is 106 cm³/mol. The largest absolute Gasteiger partial charge is 0.491 e. The lowest BCUT2D eigenvalue weighted by Crippen LogP contribution is -2.17. The van der Waals surface area contributed by atoms with Crippen LogP contribution in [-0.2, 0) is 9.47 Å². The molecule has 8 heteroatoms. The van der Waals surface area contributed by atoms with Crippen LogP contribution >= 0.6 is 0 Å². The third-order valence-corrected chi connectivity index (χ3v) is 5.00. The summed E-state index contributed by atoms with van der Waals surface area (Å²) in [6.07, 6.45) is 1.06. The lowest BCUT2D eigenvalue weighted by Gasteiger charge is -2.16. The number of hydrogen-bond acceptors (Lipinski definition) is 5. The number of hydrogen-bond donors (Lipinski definition) is 0. The van der Waals surface area contributed by atoms with Crippen LogP contribution in [0.1, 0.15) is 48.6 Å². The Hall–Kier alpha value is -3.00. The van der Waals surface area contributed by atoms with Gasteiger partial charge in [0.05, 0.1) is 22.7 Å². The number of para-hydroxylation sites is 2. The van der Waals surface area contributed by atoms with Crippen molar-refractivity contribution in [3.8, 4) is 5.75 Å². The number of carbonyl (C=O) groups excluding carboxylic acids is 1. The number of ether oxygens (including phenoxy) is 3. The highest BCUT2D eigenvalue weighted by Crippen LogP contribution is 2.29. The summed E-state index contributed by atoms with van der Waals surface area (Å²) < 4.78 is 44.7. The van der Waals surface area contributed by atoms with E-state index in [0.717, 1.165) is 24.0 Å². The number of halogens is 2. The van der Waals surface area contributed by atoms with E-state index in [1.165, 1.54) is 6.92 Å². The first-order valence-electron chi connectivity index (χ1n) is 9.83. The summed E-state index contributed by atoms with van der Waals surface area (Å²) in [7, 11) is 0. The van der Waals surface area contributed by atoms with Gasteiger partial charge in [0.2, 0.25) is 0 Å². The van der Waals surface area contributed by atoms with Gasteiger partial charge < -0.3 is 14.2 Å². The third-order valence-electron chi connectivity index (χ3n) is 5.00. The fourth-order valence-electron chi connectivity index (χ4n) is 3.51. The first-order valence-corrected chi connectivity index (χ1v) is 9.83. The van der Waals surface area contributed by atoms with Crippen LogP contribution < -0.4 is 4.74 Å². The van der Waals surface area contributed by atoms with Crippen molar-refractivity contribution in [3.63, 3.8) is 0 Å². The molecule has 2 heterocycles. The number of nitrogens with zero attached hydrogens (tertiary/aromatic N) is 2. The molecule has 1 saturated heterocycles. The predicted octanol–water partition coefficient (Wildman–Crippen LogP) is 4.91. The van der Waals surface area contributed by atoms with E-state index < -0.39 is 18.6 Å². The molecule has 2 aromatic carbocycles. The van der Waals surface area contributed by atoms with Crippen molar-refractivity contribution in [2.45, 2.75) is 38.5 Å². The molecule has 0 N–H and O–H groups in total. The lowest BCUT2D eigenvalue weighted by molar-refractivity contribution is 0.0232. The summed E-state index contributed by atoms with van der Waals surface area (Å²) in [6.45, 7) is -0.131. The van der Waals surface area contributed by atoms with Crippen molar-refractivity contribution < 1.29 is 27.8 Å². The minimum atomic E-state index is -2.80. The van der Waals surface area contributed by atoms with Gasteiger partial charge in [-0.25, -0.2) is 9.78 Å². The van der Waals surface area contributed by atoms with E-state index in [-0.39, 0.29) is 23.0 Å². The summed E-state index contributed by atoms with van der Waals surface area (Å²) in [5.41, 5.74) is 0.974. The standard InChI is InChI=1S/C22H22F2N2O4/c1-14(20-25-18-9-2-3-10-19(18)26(20)22(23)24)30-21(27)15-6-4-7-16(12-15)29-13-17-8-5-11-28-17/h2-4,6-7,9-10,12,14,17,22H,5,8,11,13H2,1H3. The molecule has 3 aromatic rings. The number of benzene rings is 2. The Balaban J connectivity index is 1.48. The van der Waals surface area contributed by atoms with E-state index in [9.17, 15) is 13.6 Å². The molecule has 4 rings (SSSR count). The van der Waals surface area contributed by atoms with E-state index in [4.69, 9.17) is 14.2 Å². The van der Waals surface area contributed by atoms with Gasteiger partial charge in [-0.3, -0.25) is 4.57 Å². The first-order chi connectivity index (χ1) is 14.5. The monoisotopic (exact) mass is 416 g/mol. The van der Waals surface area contributed by atoms with Gasteiger partial charge in [0.1, 0.15) is 12.4 Å². The Kier molecular flexibility index (Phi) is 5.94. The van der Waals surface area contributed by atoms with Crippen LogP contribution in [0.15, 0.2) is 48.5 Å². The van der Waals surface area contributed by atoms with Crippen molar-refractivity contribution in [1.82, 2.24) is 9.55 Å². The van der Waals surface area contributed by atoms with Crippen molar-refractivity contribution in [3.05, 3.63) is 59.9 Å². The van der Waals surface area contributed by atoms with Crippen molar-refractivity contribution >= 4 is 17.0 Å². The third kappa shape index (κ3) is 4.28. The minimum absolute atomic E-state index is 0.00895. The maximum absolute atomic E-state index is 13.6. The highest BCUT2D eigenvalue weighted by atomic mass is 19.3. The van der Waals surface area contributed by atoms with E-state index >= 15 is 0 Å². The Morgan fingerprint density at radius 1 is 1.27 bits per heavy atom. The number of carbonyl (C=O) groups is 1. The molecule has 0 spiro atoms. The number of imidazole rings is 1. The van der Waals surface area contributed by atoms with Crippen LogP contribution in [0.25, 0.3) is 11.0 Å². The van der Waals surface area contributed by atoms with Gasteiger partial charge in [0.25, 0.3) is 0 Å². The molecule has 0 amide bonds. The highest BCUT2D eigenvalue weighted by molar-refractivity contribution is 5.90. The Morgan fingerprint density at radius 3 is 2.87 bits per heavy atom. The molecule has 158 valence electrons. The fourth-order valence-corrected chi connectivity index (χ4v) is 3.51. The van der Waals surface area contributed by atoms with Gasteiger partial charge in [-0.2, -0.15) is 8.78 Å². The molecule has 2 unspecified atom stereocenters. The second kappa shape index (κ2) is 8.79. The van der Waals surface area contributed by atoms with Crippen LogP contribution in [0, 0.1) is 0 Å². The van der Waals surface area contributed by atoms with E-state index in [2.05, 4.69) is 4.98 Å². The minimum Gasteiger partial charge on any atom is -0.491 e. The summed E-state index contributed by atoms with van der Waals surface area (Å²) in [5, 5.41) is 0. The van der Waals surface area contributed by atoms with Crippen molar-refractivity contribution in [1.29, 1.82) is 0 Å². The molecule has 2 atom stereocenters. The number of aromatic nitrogens is 2. The number of esters is 1. The lowest BCUT2D eigenvalue weighted by atomic mass is 10.2. The highest BCUT2D eigenvalue weighted by Gasteiger charge is 2.25. The topological polar surface area (TPSA) is 62.6 Å². The molecule has 1 fully saturated rings. The normalized spacial score (nSPS) is 17.4. The van der Waals surface area contributed by atoms with Crippen molar-refractivity contribution in [2.75, 3.05) is 13.2 Å². The molecular formula is C22H22F2N2O4. The Labute approximate surface area is 172 Å². The second-order valence-electron chi connectivity index (χ2n) is 7.13. The van der Waals surface area contributed by atoms with Crippen LogP contribution in [0.5, 0.6) is 5.75 Å². The smallest absolute Gasteiger partial charge is 0.338 e. The summed E-state index contributed by atoms with van der Waals surface area (Å²) >= 11 is 0. The molecule has 0 aliphatic carbocycles. The molecule has 1 aromatic heterocycles. The van der Waals surface area contributed by atoms with Crippen LogP contribution in [-0.4, -0.2) is 34.8 Å². The van der Waals surface area contributed by atoms with Gasteiger partial charge in [-0.1, -0.05) is 18.2 Å². The molecular weight excluding hydrogens is 394 g/mol. The van der Waals surface area contributed by atoms with Gasteiger partial charge in [-0.15, -0.1) is 0 Å². The van der Waals surface area contributed by atoms with Gasteiger partial charge in [-0.05, 0) is 50.1 Å². The zero-order valence-corrected chi connectivity index (χ0v) is 16.5. The SMILES string of the molecule is CC(OC(=O)c1cccc(OCC2CCCO2)c1)c1nc2ccccc2n1C(F)F. The molecule has 30 heavy (non-hydrogen) atoms. The zero-order valence-electron chi connectivity index (χ0n) is 16.5. The van der Waals surface area contributed by atoms with E-state index in [1.54, 1.807) is 48.5 Å². The molecule has 1 aliphatic rings. The van der Waals surface area contributed by atoms with E-state index in [0.29, 0.717) is 17.9 Å². The quantitative estimate of drug-likeness (QED) is 0.512. The van der Waals surface area contributed by atoms with E-state index in [1.807, 2.05) is 0 Å². The summed E-state index contributed by atoms with van der Waals surface area (Å²) in [4.78, 5) is 16.8. The maximum Gasteiger partial charge on any atom is 0.338 e. The Morgan fingerprint density at radius 2 is 2.10 bits per heavy atom. The molecule has 0 bridgehead atoms. The molecule has 0 saturated carbocycles. The summed E-state index contributed by atoms with van der Waals surface area (Å²) in [6, 6.07) is 13.2. The first kappa shape index (κ1) is 20.3. The molecule has 0 radical (unpaired) electrons. The number of fused-ring (bicyclic) bond motifs is 1. The van der Waals surface area contributed by atoms with Crippen LogP contribution in [0.3, 0.4) is 0 Å². The van der Waals surface area contributed by atoms with Crippen LogP contribution in [0.4, 0.5) is 8.78 Å². The number of rotatable bonds is 7. The van der Waals surface area contributed by atoms with Gasteiger partial charge in [0, 0.05) is 6.61 Å². The average molecular weight is 416 g/mol. The van der Waals surface area contributed by atoms with Crippen LogP contribution in [0.2, 0.25) is 0 Å². The average Bonchev–Trinajstić information content (AvgIpc) is 3.40. The summed E-state index contributed by atoms with van der Waals surface area (Å²) in [5.74, 6) is -0.129.